The molecule has 0 fully saturated rings. The molecule has 0 N–H and O–H groups in total. The first-order valence-electron chi connectivity index (χ1n) is 7.24. The van der Waals surface area contributed by atoms with Gasteiger partial charge in [-0.15, -0.1) is 0 Å². The molecule has 0 spiro atoms. The Bertz CT molecular complexity index is 557. The molecule has 1 rings (SSSR count). The van der Waals surface area contributed by atoms with Crippen molar-refractivity contribution in [1.29, 1.82) is 10.5 Å². The number of hydrogen-bond donors (Lipinski definition) is 0. The van der Waals surface area contributed by atoms with E-state index in [1.54, 1.807) is 31.3 Å². The number of hydrogen-bond acceptors (Lipinski definition) is 3. The smallest absolute Gasteiger partial charge is 0.247 e. The van der Waals surface area contributed by atoms with Crippen molar-refractivity contribution in [3.05, 3.63) is 29.8 Å². The first-order valence-corrected chi connectivity index (χ1v) is 7.24. The number of carbonyl (C=O) groups excluding carboxylic acids is 1. The number of amides is 1. The summed E-state index contributed by atoms with van der Waals surface area (Å²) >= 11 is 0. The Morgan fingerprint density at radius 1 is 1.14 bits per heavy atom. The highest BCUT2D eigenvalue weighted by Crippen LogP contribution is 2.32. The quantitative estimate of drug-likeness (QED) is 0.800. The molecule has 0 heterocycles. The lowest BCUT2D eigenvalue weighted by atomic mass is 9.79. The van der Waals surface area contributed by atoms with E-state index in [0.717, 1.165) is 12.8 Å². The van der Waals surface area contributed by atoms with E-state index >= 15 is 0 Å². The van der Waals surface area contributed by atoms with Crippen LogP contribution >= 0.6 is 0 Å². The fourth-order valence-corrected chi connectivity index (χ4v) is 2.55. The van der Waals surface area contributed by atoms with E-state index in [2.05, 4.69) is 6.07 Å². The highest BCUT2D eigenvalue weighted by atomic mass is 16.2. The van der Waals surface area contributed by atoms with Crippen LogP contribution in [0.2, 0.25) is 0 Å². The molecule has 0 aromatic heterocycles. The molecule has 0 aliphatic heterocycles. The lowest BCUT2D eigenvalue weighted by molar-refractivity contribution is -0.125. The highest BCUT2D eigenvalue weighted by Gasteiger charge is 2.39. The van der Waals surface area contributed by atoms with Crippen molar-refractivity contribution >= 4 is 11.6 Å². The van der Waals surface area contributed by atoms with Gasteiger partial charge in [0.25, 0.3) is 0 Å². The molecule has 21 heavy (non-hydrogen) atoms. The van der Waals surface area contributed by atoms with Crippen LogP contribution in [0.15, 0.2) is 24.3 Å². The number of rotatable bonds is 6. The summed E-state index contributed by atoms with van der Waals surface area (Å²) in [5.74, 6) is -0.168. The van der Waals surface area contributed by atoms with Gasteiger partial charge in [0.05, 0.1) is 17.7 Å². The average molecular weight is 283 g/mol. The molecule has 0 aliphatic carbocycles. The Morgan fingerprint density at radius 3 is 2.05 bits per heavy atom. The van der Waals surface area contributed by atoms with Crippen molar-refractivity contribution in [1.82, 2.24) is 0 Å². The molecule has 0 atom stereocenters. The van der Waals surface area contributed by atoms with E-state index in [1.807, 2.05) is 19.9 Å². The third-order valence-electron chi connectivity index (χ3n) is 3.67. The standard InChI is InChI=1S/C17H21N3O/c1-4-10-17(13-19,11-5-2)16(21)20(3)15-8-6-14(12-18)7-9-15/h6-9H,4-5,10-11H2,1-3H3. The maximum atomic E-state index is 12.8. The zero-order chi connectivity index (χ0) is 15.9. The molecule has 0 saturated heterocycles. The molecular formula is C17H21N3O. The van der Waals surface area contributed by atoms with Crippen LogP contribution < -0.4 is 4.90 Å². The number of benzene rings is 1. The van der Waals surface area contributed by atoms with Crippen LogP contribution in [0.25, 0.3) is 0 Å². The molecule has 4 heteroatoms. The average Bonchev–Trinajstić information content (AvgIpc) is 2.53. The summed E-state index contributed by atoms with van der Waals surface area (Å²) in [6.45, 7) is 3.97. The van der Waals surface area contributed by atoms with E-state index in [1.165, 1.54) is 4.90 Å². The third kappa shape index (κ3) is 3.61. The molecule has 0 aliphatic rings. The second kappa shape index (κ2) is 7.45. The number of anilines is 1. The number of carbonyl (C=O) groups is 1. The Labute approximate surface area is 126 Å². The summed E-state index contributed by atoms with van der Waals surface area (Å²) in [5, 5.41) is 18.4. The summed E-state index contributed by atoms with van der Waals surface area (Å²) in [4.78, 5) is 14.3. The van der Waals surface area contributed by atoms with Crippen LogP contribution in [-0.2, 0) is 4.79 Å². The Hall–Kier alpha value is -2.33. The highest BCUT2D eigenvalue weighted by molar-refractivity contribution is 5.98. The van der Waals surface area contributed by atoms with Crippen LogP contribution in [-0.4, -0.2) is 13.0 Å². The zero-order valence-corrected chi connectivity index (χ0v) is 12.9. The van der Waals surface area contributed by atoms with Crippen LogP contribution in [0.1, 0.15) is 45.1 Å². The predicted octanol–water partition coefficient (Wildman–Crippen LogP) is 3.63. The molecule has 0 saturated carbocycles. The van der Waals surface area contributed by atoms with Gasteiger partial charge in [0.15, 0.2) is 0 Å². The lowest BCUT2D eigenvalue weighted by Gasteiger charge is -2.30. The fourth-order valence-electron chi connectivity index (χ4n) is 2.55. The van der Waals surface area contributed by atoms with Crippen LogP contribution in [0.4, 0.5) is 5.69 Å². The van der Waals surface area contributed by atoms with Crippen molar-refractivity contribution in [2.75, 3.05) is 11.9 Å². The largest absolute Gasteiger partial charge is 0.314 e. The second-order valence-corrected chi connectivity index (χ2v) is 5.22. The van der Waals surface area contributed by atoms with E-state index < -0.39 is 5.41 Å². The summed E-state index contributed by atoms with van der Waals surface area (Å²) < 4.78 is 0. The Morgan fingerprint density at radius 2 is 1.67 bits per heavy atom. The van der Waals surface area contributed by atoms with Crippen molar-refractivity contribution in [3.8, 4) is 12.1 Å². The van der Waals surface area contributed by atoms with Gasteiger partial charge in [-0.3, -0.25) is 4.79 Å². The zero-order valence-electron chi connectivity index (χ0n) is 12.9. The molecule has 1 amide bonds. The number of nitriles is 2. The molecule has 0 unspecified atom stereocenters. The molecular weight excluding hydrogens is 262 g/mol. The maximum Gasteiger partial charge on any atom is 0.247 e. The minimum Gasteiger partial charge on any atom is -0.314 e. The van der Waals surface area contributed by atoms with Crippen molar-refractivity contribution in [2.45, 2.75) is 39.5 Å². The van der Waals surface area contributed by atoms with Crippen LogP contribution in [0, 0.1) is 28.1 Å². The minimum absolute atomic E-state index is 0.168. The topological polar surface area (TPSA) is 67.9 Å². The maximum absolute atomic E-state index is 12.8. The summed E-state index contributed by atoms with van der Waals surface area (Å²) in [6, 6.07) is 11.1. The van der Waals surface area contributed by atoms with Gasteiger partial charge < -0.3 is 4.90 Å². The molecule has 1 aromatic rings. The first-order chi connectivity index (χ1) is 10.0. The Balaban J connectivity index is 3.07. The minimum atomic E-state index is -0.952. The van der Waals surface area contributed by atoms with Crippen LogP contribution in [0.5, 0.6) is 0 Å². The first kappa shape index (κ1) is 16.7. The van der Waals surface area contributed by atoms with Gasteiger partial charge in [-0.25, -0.2) is 0 Å². The van der Waals surface area contributed by atoms with Gasteiger partial charge >= 0.3 is 0 Å². The van der Waals surface area contributed by atoms with Gasteiger partial charge in [-0.05, 0) is 37.1 Å². The predicted molar refractivity (Wildman–Crippen MR) is 82.4 cm³/mol. The van der Waals surface area contributed by atoms with Gasteiger partial charge in [-0.2, -0.15) is 10.5 Å². The number of nitrogens with zero attached hydrogens (tertiary/aromatic N) is 3. The SMILES string of the molecule is CCCC(C#N)(CCC)C(=O)N(C)c1ccc(C#N)cc1. The van der Waals surface area contributed by atoms with Gasteiger partial charge in [0.1, 0.15) is 5.41 Å². The molecule has 0 bridgehead atoms. The van der Waals surface area contributed by atoms with Gasteiger partial charge in [0, 0.05) is 12.7 Å². The van der Waals surface area contributed by atoms with E-state index in [-0.39, 0.29) is 5.91 Å². The van der Waals surface area contributed by atoms with E-state index in [9.17, 15) is 10.1 Å². The molecule has 110 valence electrons. The van der Waals surface area contributed by atoms with Crippen molar-refractivity contribution in [2.24, 2.45) is 5.41 Å². The lowest BCUT2D eigenvalue weighted by Crippen LogP contribution is -2.41. The van der Waals surface area contributed by atoms with Gasteiger partial charge in [0.2, 0.25) is 5.91 Å². The summed E-state index contributed by atoms with van der Waals surface area (Å²) in [7, 11) is 1.68. The van der Waals surface area contributed by atoms with Crippen molar-refractivity contribution < 1.29 is 4.79 Å². The second-order valence-electron chi connectivity index (χ2n) is 5.22. The summed E-state index contributed by atoms with van der Waals surface area (Å²) in [6.07, 6.45) is 2.72. The van der Waals surface area contributed by atoms with E-state index in [0.29, 0.717) is 24.1 Å². The Kier molecular flexibility index (Phi) is 5.93. The molecule has 0 radical (unpaired) electrons. The third-order valence-corrected chi connectivity index (χ3v) is 3.67. The molecule has 1 aromatic carbocycles. The monoisotopic (exact) mass is 283 g/mol. The van der Waals surface area contributed by atoms with Crippen molar-refractivity contribution in [3.63, 3.8) is 0 Å². The molecule has 4 nitrogen and oxygen atoms in total. The van der Waals surface area contributed by atoms with Crippen LogP contribution in [0.3, 0.4) is 0 Å². The van der Waals surface area contributed by atoms with E-state index in [4.69, 9.17) is 5.26 Å². The normalized spacial score (nSPS) is 10.5. The summed E-state index contributed by atoms with van der Waals surface area (Å²) in [5.41, 5.74) is 0.297. The fraction of sp³-hybridized carbons (Fsp3) is 0.471. The van der Waals surface area contributed by atoms with Gasteiger partial charge in [-0.1, -0.05) is 26.7 Å².